The van der Waals surface area contributed by atoms with Gasteiger partial charge < -0.3 is 15.7 Å². The van der Waals surface area contributed by atoms with Crippen LogP contribution in [-0.2, 0) is 15.0 Å². The molecule has 3 N–H and O–H groups in total. The van der Waals surface area contributed by atoms with Gasteiger partial charge in [0.2, 0.25) is 17.7 Å². The van der Waals surface area contributed by atoms with Gasteiger partial charge in [-0.05, 0) is 42.4 Å². The lowest BCUT2D eigenvalue weighted by Gasteiger charge is -2.35. The third kappa shape index (κ3) is 6.48. The van der Waals surface area contributed by atoms with Gasteiger partial charge in [-0.2, -0.15) is 0 Å². The lowest BCUT2D eigenvalue weighted by molar-refractivity contribution is -0.128. The number of halogens is 2. The molecule has 2 fully saturated rings. The molecule has 8 nitrogen and oxygen atoms in total. The molecule has 1 saturated heterocycles. The number of carbonyl (C=O) groups excluding carboxylic acids is 2. The number of rotatable bonds is 6. The molecule has 37 heavy (non-hydrogen) atoms. The number of β-amino-alcohol motifs (C(OH)–C–C–N with tert-alkyl or cyclic N) is 1. The highest BCUT2D eigenvalue weighted by molar-refractivity contribution is 6.03. The molecule has 0 radical (unpaired) electrons. The molecular weight excluding hydrogens is 480 g/mol. The number of carbonyl (C=O) groups is 2. The van der Waals surface area contributed by atoms with E-state index in [1.54, 1.807) is 12.1 Å². The Morgan fingerprint density at radius 1 is 1.16 bits per heavy atom. The summed E-state index contributed by atoms with van der Waals surface area (Å²) >= 11 is 0. The molecule has 2 amide bonds. The van der Waals surface area contributed by atoms with Gasteiger partial charge in [-0.3, -0.25) is 24.5 Å². The van der Waals surface area contributed by atoms with E-state index < -0.39 is 36.1 Å². The SMILES string of the molecule is CC(C)(C)c1ccc(N(C(=O)[C@H]2C[C@@H](O)CN2)C(C(=O)NC2CCC(F)(F)CC2)c2cnccn2)cc1. The van der Waals surface area contributed by atoms with Gasteiger partial charge in [0, 0.05) is 43.5 Å². The zero-order valence-corrected chi connectivity index (χ0v) is 21.5. The minimum Gasteiger partial charge on any atom is -0.392 e. The predicted octanol–water partition coefficient (Wildman–Crippen LogP) is 3.27. The average Bonchev–Trinajstić information content (AvgIpc) is 3.29. The smallest absolute Gasteiger partial charge is 0.249 e. The van der Waals surface area contributed by atoms with Crippen LogP contribution in [0, 0.1) is 0 Å². The number of amides is 2. The van der Waals surface area contributed by atoms with Crippen LogP contribution in [-0.4, -0.2) is 57.5 Å². The molecule has 3 atom stereocenters. The van der Waals surface area contributed by atoms with Crippen LogP contribution in [0.2, 0.25) is 0 Å². The van der Waals surface area contributed by atoms with Crippen molar-refractivity contribution in [3.05, 3.63) is 54.1 Å². The zero-order valence-electron chi connectivity index (χ0n) is 21.5. The lowest BCUT2D eigenvalue weighted by atomic mass is 9.87. The van der Waals surface area contributed by atoms with Crippen LogP contribution in [0.4, 0.5) is 14.5 Å². The summed E-state index contributed by atoms with van der Waals surface area (Å²) in [5.74, 6) is -3.62. The average molecular weight is 516 g/mol. The van der Waals surface area contributed by atoms with Gasteiger partial charge in [-0.15, -0.1) is 0 Å². The van der Waals surface area contributed by atoms with E-state index in [-0.39, 0.29) is 55.7 Å². The molecule has 1 saturated carbocycles. The maximum absolute atomic E-state index is 13.9. The van der Waals surface area contributed by atoms with E-state index in [0.717, 1.165) is 5.56 Å². The van der Waals surface area contributed by atoms with Crippen molar-refractivity contribution >= 4 is 17.5 Å². The number of nitrogens with one attached hydrogen (secondary N) is 2. The largest absolute Gasteiger partial charge is 0.392 e. The summed E-state index contributed by atoms with van der Waals surface area (Å²) in [5, 5.41) is 16.0. The molecule has 2 heterocycles. The maximum Gasteiger partial charge on any atom is 0.249 e. The van der Waals surface area contributed by atoms with Crippen LogP contribution in [0.3, 0.4) is 0 Å². The maximum atomic E-state index is 13.9. The molecule has 1 aliphatic carbocycles. The van der Waals surface area contributed by atoms with Crippen molar-refractivity contribution in [2.24, 2.45) is 0 Å². The number of benzene rings is 1. The molecule has 1 aliphatic heterocycles. The molecule has 4 rings (SSSR count). The summed E-state index contributed by atoms with van der Waals surface area (Å²) in [6.07, 6.45) is 3.59. The second-order valence-electron chi connectivity index (χ2n) is 11.0. The summed E-state index contributed by atoms with van der Waals surface area (Å²) in [4.78, 5) is 37.5. The minimum absolute atomic E-state index is 0.116. The topological polar surface area (TPSA) is 107 Å². The first kappa shape index (κ1) is 27.1. The Labute approximate surface area is 215 Å². The molecule has 200 valence electrons. The Balaban J connectivity index is 1.71. The zero-order chi connectivity index (χ0) is 26.8. The van der Waals surface area contributed by atoms with Crippen molar-refractivity contribution in [2.75, 3.05) is 11.4 Å². The molecule has 2 aliphatic rings. The van der Waals surface area contributed by atoms with Gasteiger partial charge in [-0.1, -0.05) is 32.9 Å². The van der Waals surface area contributed by atoms with Crippen LogP contribution >= 0.6 is 0 Å². The second-order valence-corrected chi connectivity index (χ2v) is 11.0. The third-order valence-electron chi connectivity index (χ3n) is 7.09. The highest BCUT2D eigenvalue weighted by Crippen LogP contribution is 2.35. The fourth-order valence-electron chi connectivity index (χ4n) is 4.90. The number of hydrogen-bond donors (Lipinski definition) is 3. The summed E-state index contributed by atoms with van der Waals surface area (Å²) in [6.45, 7) is 6.51. The Hall–Kier alpha value is -2.98. The minimum atomic E-state index is -2.72. The summed E-state index contributed by atoms with van der Waals surface area (Å²) in [5.41, 5.74) is 1.69. The highest BCUT2D eigenvalue weighted by atomic mass is 19.3. The first-order valence-electron chi connectivity index (χ1n) is 12.7. The number of nitrogens with zero attached hydrogens (tertiary/aromatic N) is 3. The van der Waals surface area contributed by atoms with Crippen LogP contribution < -0.4 is 15.5 Å². The van der Waals surface area contributed by atoms with Crippen molar-refractivity contribution in [1.29, 1.82) is 0 Å². The fourth-order valence-corrected chi connectivity index (χ4v) is 4.90. The Morgan fingerprint density at radius 2 is 1.84 bits per heavy atom. The van der Waals surface area contributed by atoms with Crippen molar-refractivity contribution < 1.29 is 23.5 Å². The molecule has 2 aromatic rings. The monoisotopic (exact) mass is 515 g/mol. The van der Waals surface area contributed by atoms with Gasteiger partial charge in [0.1, 0.15) is 0 Å². The Morgan fingerprint density at radius 3 is 2.38 bits per heavy atom. The van der Waals surface area contributed by atoms with Gasteiger partial charge >= 0.3 is 0 Å². The van der Waals surface area contributed by atoms with Crippen molar-refractivity contribution in [3.63, 3.8) is 0 Å². The number of hydrogen-bond acceptors (Lipinski definition) is 6. The van der Waals surface area contributed by atoms with Crippen LogP contribution in [0.1, 0.15) is 70.2 Å². The number of aromatic nitrogens is 2. The first-order valence-corrected chi connectivity index (χ1v) is 12.7. The molecular formula is C27H35F2N5O3. The van der Waals surface area contributed by atoms with Crippen molar-refractivity contribution in [3.8, 4) is 0 Å². The van der Waals surface area contributed by atoms with Crippen molar-refractivity contribution in [2.45, 2.75) is 88.4 Å². The fraction of sp³-hybridized carbons (Fsp3) is 0.556. The standard InChI is InChI=1S/C27H35F2N5O3/c1-26(2,3)17-4-6-19(7-5-17)34(25(37)21-14-20(35)15-32-21)23(22-16-30-12-13-31-22)24(36)33-18-8-10-27(28,29)11-9-18/h4-7,12-13,16,18,20-21,23,32,35H,8-11,14-15H2,1-3H3,(H,33,36)/t20-,21-,23?/m1/s1. The van der Waals surface area contributed by atoms with Crippen LogP contribution in [0.25, 0.3) is 0 Å². The van der Waals surface area contributed by atoms with Crippen LogP contribution in [0.5, 0.6) is 0 Å². The summed E-state index contributed by atoms with van der Waals surface area (Å²) in [6, 6.07) is 5.12. The number of alkyl halides is 2. The Kier molecular flexibility index (Phi) is 7.89. The molecule has 10 heteroatoms. The van der Waals surface area contributed by atoms with Gasteiger partial charge in [0.05, 0.1) is 24.0 Å². The number of aliphatic hydroxyl groups excluding tert-OH is 1. The van der Waals surface area contributed by atoms with E-state index >= 15 is 0 Å². The van der Waals surface area contributed by atoms with E-state index in [1.165, 1.54) is 23.5 Å². The number of anilines is 1. The van der Waals surface area contributed by atoms with Crippen molar-refractivity contribution in [1.82, 2.24) is 20.6 Å². The number of aliphatic hydroxyl groups is 1. The van der Waals surface area contributed by atoms with Crippen LogP contribution in [0.15, 0.2) is 42.9 Å². The van der Waals surface area contributed by atoms with E-state index in [1.807, 2.05) is 12.1 Å². The van der Waals surface area contributed by atoms with Gasteiger partial charge in [0.15, 0.2) is 6.04 Å². The Bertz CT molecular complexity index is 1080. The third-order valence-corrected chi connectivity index (χ3v) is 7.09. The van der Waals surface area contributed by atoms with E-state index in [0.29, 0.717) is 5.69 Å². The summed E-state index contributed by atoms with van der Waals surface area (Å²) in [7, 11) is 0. The second kappa shape index (κ2) is 10.8. The van der Waals surface area contributed by atoms with Gasteiger partial charge in [0.25, 0.3) is 0 Å². The quantitative estimate of drug-likeness (QED) is 0.545. The molecule has 0 bridgehead atoms. The normalized spacial score (nSPS) is 22.9. The summed E-state index contributed by atoms with van der Waals surface area (Å²) < 4.78 is 27.4. The highest BCUT2D eigenvalue weighted by Gasteiger charge is 2.41. The van der Waals surface area contributed by atoms with E-state index in [2.05, 4.69) is 41.4 Å². The van der Waals surface area contributed by atoms with Gasteiger partial charge in [-0.25, -0.2) is 8.78 Å². The van der Waals surface area contributed by atoms with E-state index in [4.69, 9.17) is 0 Å². The lowest BCUT2D eigenvalue weighted by Crippen LogP contribution is -2.52. The molecule has 1 unspecified atom stereocenters. The first-order chi connectivity index (χ1) is 17.4. The van der Waals surface area contributed by atoms with E-state index in [9.17, 15) is 23.5 Å². The molecule has 0 spiro atoms. The molecule has 1 aromatic heterocycles. The molecule has 1 aromatic carbocycles. The predicted molar refractivity (Wildman–Crippen MR) is 135 cm³/mol.